The van der Waals surface area contributed by atoms with E-state index in [1.54, 1.807) is 30.3 Å². The summed E-state index contributed by atoms with van der Waals surface area (Å²) < 4.78 is 13.2. The minimum absolute atomic E-state index is 0.119. The van der Waals surface area contributed by atoms with Gasteiger partial charge < -0.3 is 5.32 Å². The van der Waals surface area contributed by atoms with Gasteiger partial charge in [-0.2, -0.15) is 0 Å². The molecule has 118 valence electrons. The fraction of sp³-hybridized carbons (Fsp3) is 0.176. The zero-order chi connectivity index (χ0) is 16.4. The smallest absolute Gasteiger partial charge is 0.247 e. The van der Waals surface area contributed by atoms with Crippen molar-refractivity contribution in [2.75, 3.05) is 10.2 Å². The molecule has 1 aliphatic heterocycles. The van der Waals surface area contributed by atoms with Crippen LogP contribution in [-0.4, -0.2) is 17.9 Å². The van der Waals surface area contributed by atoms with Crippen LogP contribution in [0, 0.1) is 5.82 Å². The first-order valence-corrected chi connectivity index (χ1v) is 7.56. The standard InChI is InChI=1S/C17H14ClFN2O2/c18-11-4-6-14(7-5-11)21-15(8-9-16(21)22)17(23)20-13-3-1-2-12(19)10-13/h1-7,10,15H,8-9H2,(H,20,23). The van der Waals surface area contributed by atoms with Gasteiger partial charge in [0, 0.05) is 22.8 Å². The molecule has 23 heavy (non-hydrogen) atoms. The number of nitrogens with one attached hydrogen (secondary N) is 1. The SMILES string of the molecule is O=C(Nc1cccc(F)c1)C1CCC(=O)N1c1ccc(Cl)cc1. The number of hydrogen-bond donors (Lipinski definition) is 1. The second kappa shape index (κ2) is 6.38. The minimum atomic E-state index is -0.619. The number of amides is 2. The van der Waals surface area contributed by atoms with Crippen molar-refractivity contribution in [2.24, 2.45) is 0 Å². The van der Waals surface area contributed by atoms with Crippen molar-refractivity contribution in [3.8, 4) is 0 Å². The van der Waals surface area contributed by atoms with Crippen molar-refractivity contribution in [3.05, 3.63) is 59.4 Å². The van der Waals surface area contributed by atoms with Crippen LogP contribution < -0.4 is 10.2 Å². The van der Waals surface area contributed by atoms with Gasteiger partial charge in [-0.1, -0.05) is 17.7 Å². The van der Waals surface area contributed by atoms with Gasteiger partial charge in [0.15, 0.2) is 0 Å². The van der Waals surface area contributed by atoms with Crippen molar-refractivity contribution < 1.29 is 14.0 Å². The van der Waals surface area contributed by atoms with Crippen LogP contribution in [0.2, 0.25) is 5.02 Å². The molecular weight excluding hydrogens is 319 g/mol. The van der Waals surface area contributed by atoms with E-state index in [-0.39, 0.29) is 11.8 Å². The van der Waals surface area contributed by atoms with Crippen LogP contribution in [0.25, 0.3) is 0 Å². The topological polar surface area (TPSA) is 49.4 Å². The molecule has 0 spiro atoms. The lowest BCUT2D eigenvalue weighted by Gasteiger charge is -2.24. The monoisotopic (exact) mass is 332 g/mol. The van der Waals surface area contributed by atoms with Gasteiger partial charge in [0.2, 0.25) is 11.8 Å². The first kappa shape index (κ1) is 15.5. The van der Waals surface area contributed by atoms with Gasteiger partial charge in [0.1, 0.15) is 11.9 Å². The van der Waals surface area contributed by atoms with E-state index in [4.69, 9.17) is 11.6 Å². The maximum atomic E-state index is 13.2. The van der Waals surface area contributed by atoms with Gasteiger partial charge in [-0.25, -0.2) is 4.39 Å². The van der Waals surface area contributed by atoms with E-state index in [1.165, 1.54) is 23.1 Å². The van der Waals surface area contributed by atoms with Crippen molar-refractivity contribution >= 4 is 34.8 Å². The van der Waals surface area contributed by atoms with Gasteiger partial charge in [-0.3, -0.25) is 14.5 Å². The van der Waals surface area contributed by atoms with Gasteiger partial charge in [0.05, 0.1) is 0 Å². The Balaban J connectivity index is 1.81. The molecule has 1 atom stereocenters. The molecule has 0 aliphatic carbocycles. The summed E-state index contributed by atoms with van der Waals surface area (Å²) in [6, 6.07) is 11.8. The highest BCUT2D eigenvalue weighted by atomic mass is 35.5. The molecule has 6 heteroatoms. The van der Waals surface area contributed by atoms with E-state index < -0.39 is 11.9 Å². The third kappa shape index (κ3) is 3.35. The summed E-state index contributed by atoms with van der Waals surface area (Å²) >= 11 is 5.86. The fourth-order valence-corrected chi connectivity index (χ4v) is 2.78. The van der Waals surface area contributed by atoms with Gasteiger partial charge >= 0.3 is 0 Å². The number of rotatable bonds is 3. The van der Waals surface area contributed by atoms with Crippen molar-refractivity contribution in [3.63, 3.8) is 0 Å². The Hall–Kier alpha value is -2.40. The second-order valence-electron chi connectivity index (χ2n) is 5.29. The lowest BCUT2D eigenvalue weighted by Crippen LogP contribution is -2.41. The molecular formula is C17H14ClFN2O2. The van der Waals surface area contributed by atoms with Crippen molar-refractivity contribution in [1.29, 1.82) is 0 Å². The molecule has 1 unspecified atom stereocenters. The average molecular weight is 333 g/mol. The molecule has 2 amide bonds. The lowest BCUT2D eigenvalue weighted by atomic mass is 10.2. The highest BCUT2D eigenvalue weighted by molar-refractivity contribution is 6.30. The van der Waals surface area contributed by atoms with Gasteiger partial charge in [0.25, 0.3) is 0 Å². The Morgan fingerprint density at radius 1 is 1.22 bits per heavy atom. The lowest BCUT2D eigenvalue weighted by molar-refractivity contribution is -0.120. The van der Waals surface area contributed by atoms with E-state index in [0.29, 0.717) is 29.2 Å². The minimum Gasteiger partial charge on any atom is -0.324 e. The Kier molecular flexibility index (Phi) is 4.30. The Labute approximate surface area is 137 Å². The third-order valence-corrected chi connectivity index (χ3v) is 3.96. The quantitative estimate of drug-likeness (QED) is 0.933. The Morgan fingerprint density at radius 2 is 1.96 bits per heavy atom. The number of anilines is 2. The van der Waals surface area contributed by atoms with Crippen LogP contribution in [0.15, 0.2) is 48.5 Å². The molecule has 1 heterocycles. The molecule has 1 saturated heterocycles. The molecule has 2 aromatic carbocycles. The van der Waals surface area contributed by atoms with Crippen LogP contribution in [0.1, 0.15) is 12.8 Å². The molecule has 0 saturated carbocycles. The van der Waals surface area contributed by atoms with Crippen LogP contribution in [0.3, 0.4) is 0 Å². The van der Waals surface area contributed by atoms with E-state index in [0.717, 1.165) is 0 Å². The first-order chi connectivity index (χ1) is 11.0. The number of carbonyl (C=O) groups is 2. The van der Waals surface area contributed by atoms with Crippen molar-refractivity contribution in [2.45, 2.75) is 18.9 Å². The zero-order valence-electron chi connectivity index (χ0n) is 12.1. The number of benzene rings is 2. The zero-order valence-corrected chi connectivity index (χ0v) is 12.9. The number of carbonyl (C=O) groups excluding carboxylic acids is 2. The molecule has 3 rings (SSSR count). The number of halogens is 2. The third-order valence-electron chi connectivity index (χ3n) is 3.71. The largest absolute Gasteiger partial charge is 0.324 e. The summed E-state index contributed by atoms with van der Waals surface area (Å²) in [5, 5.41) is 3.21. The Bertz CT molecular complexity index is 749. The molecule has 1 N–H and O–H groups in total. The number of nitrogens with zero attached hydrogens (tertiary/aromatic N) is 1. The van der Waals surface area contributed by atoms with E-state index in [9.17, 15) is 14.0 Å². The average Bonchev–Trinajstić information content (AvgIpc) is 2.90. The summed E-state index contributed by atoms with van der Waals surface area (Å²) in [5.74, 6) is -0.886. The van der Waals surface area contributed by atoms with Gasteiger partial charge in [-0.05, 0) is 48.9 Å². The van der Waals surface area contributed by atoms with E-state index >= 15 is 0 Å². The predicted octanol–water partition coefficient (Wildman–Crippen LogP) is 3.61. The van der Waals surface area contributed by atoms with Crippen LogP contribution in [0.4, 0.5) is 15.8 Å². The van der Waals surface area contributed by atoms with Crippen molar-refractivity contribution in [1.82, 2.24) is 0 Å². The van der Waals surface area contributed by atoms with Crippen LogP contribution in [0.5, 0.6) is 0 Å². The summed E-state index contributed by atoms with van der Waals surface area (Å²) in [6.45, 7) is 0. The molecule has 4 nitrogen and oxygen atoms in total. The van der Waals surface area contributed by atoms with E-state index in [1.807, 2.05) is 0 Å². The first-order valence-electron chi connectivity index (χ1n) is 7.18. The molecule has 1 aliphatic rings. The fourth-order valence-electron chi connectivity index (χ4n) is 2.65. The molecule has 0 bridgehead atoms. The van der Waals surface area contributed by atoms with E-state index in [2.05, 4.69) is 5.32 Å². The summed E-state index contributed by atoms with van der Waals surface area (Å²) in [5.41, 5.74) is 0.988. The summed E-state index contributed by atoms with van der Waals surface area (Å²) in [4.78, 5) is 26.1. The normalized spacial score (nSPS) is 17.4. The molecule has 0 radical (unpaired) electrons. The molecule has 2 aromatic rings. The van der Waals surface area contributed by atoms with Crippen LogP contribution >= 0.6 is 11.6 Å². The molecule has 0 aromatic heterocycles. The Morgan fingerprint density at radius 3 is 2.65 bits per heavy atom. The second-order valence-corrected chi connectivity index (χ2v) is 5.73. The van der Waals surface area contributed by atoms with Gasteiger partial charge in [-0.15, -0.1) is 0 Å². The molecule has 1 fully saturated rings. The number of hydrogen-bond acceptors (Lipinski definition) is 2. The maximum Gasteiger partial charge on any atom is 0.247 e. The summed E-state index contributed by atoms with van der Waals surface area (Å²) in [7, 11) is 0. The summed E-state index contributed by atoms with van der Waals surface area (Å²) in [6.07, 6.45) is 0.715. The van der Waals surface area contributed by atoms with Crippen LogP contribution in [-0.2, 0) is 9.59 Å². The highest BCUT2D eigenvalue weighted by Crippen LogP contribution is 2.28. The highest BCUT2D eigenvalue weighted by Gasteiger charge is 2.37. The maximum absolute atomic E-state index is 13.2. The predicted molar refractivity (Wildman–Crippen MR) is 87.0 cm³/mol.